The van der Waals surface area contributed by atoms with Crippen molar-refractivity contribution in [2.24, 2.45) is 58.2 Å². The van der Waals surface area contributed by atoms with Gasteiger partial charge in [-0.3, -0.25) is 47.8 Å². The lowest BCUT2D eigenvalue weighted by Gasteiger charge is -2.32. The number of allylic oxidation sites excluding steroid dienone is 4. The second-order valence-corrected chi connectivity index (χ2v) is 43.1. The summed E-state index contributed by atoms with van der Waals surface area (Å²) in [7, 11) is -4.90. The number of halogens is 2. The minimum atomic E-state index is -4.00. The maximum atomic E-state index is 15.3. The Morgan fingerprint density at radius 1 is 0.508 bits per heavy atom. The van der Waals surface area contributed by atoms with Gasteiger partial charge >= 0.3 is 11.9 Å². The maximum Gasteiger partial charge on any atom is 0.306 e. The Hall–Kier alpha value is -10.1. The molecule has 692 valence electrons. The Balaban J connectivity index is 0.000000219. The van der Waals surface area contributed by atoms with Crippen molar-refractivity contribution in [2.75, 3.05) is 27.3 Å². The molecule has 2 aromatic heterocycles. The zero-order valence-corrected chi connectivity index (χ0v) is 77.9. The van der Waals surface area contributed by atoms with Gasteiger partial charge in [0.2, 0.25) is 55.4 Å². The number of methoxy groups -OCH3 is 2. The summed E-state index contributed by atoms with van der Waals surface area (Å²) >= 11 is 0. The molecule has 0 bridgehead atoms. The van der Waals surface area contributed by atoms with Gasteiger partial charge in [0, 0.05) is 47.6 Å². The van der Waals surface area contributed by atoms with Crippen LogP contribution in [0.1, 0.15) is 213 Å². The first-order valence-corrected chi connectivity index (χ1v) is 48.2. The quantitative estimate of drug-likeness (QED) is 0.0420. The van der Waals surface area contributed by atoms with Crippen molar-refractivity contribution in [2.45, 2.75) is 271 Å². The second-order valence-electron chi connectivity index (χ2n) is 38.7. The first-order chi connectivity index (χ1) is 60.4. The fourth-order valence-electron chi connectivity index (χ4n) is 18.6. The molecule has 128 heavy (non-hydrogen) atoms. The lowest BCUT2D eigenvalue weighted by Crippen LogP contribution is -2.48. The van der Waals surface area contributed by atoms with E-state index < -0.39 is 147 Å². The number of ether oxygens (including phenoxy) is 8. The van der Waals surface area contributed by atoms with Crippen molar-refractivity contribution >= 4 is 88.7 Å². The number of rotatable bonds is 24. The van der Waals surface area contributed by atoms with Crippen LogP contribution in [0.5, 0.6) is 34.8 Å². The van der Waals surface area contributed by atoms with Crippen LogP contribution in [0, 0.1) is 69.8 Å². The summed E-state index contributed by atoms with van der Waals surface area (Å²) in [4.78, 5) is 128. The maximum absolute atomic E-state index is 15.3. The molecule has 2 saturated heterocycles. The first-order valence-electron chi connectivity index (χ1n) is 45.2. The summed E-state index contributed by atoms with van der Waals surface area (Å²) in [5, 5.41) is 2.59. The number of hydrogen-bond donors (Lipinski definition) is 2. The van der Waals surface area contributed by atoms with E-state index in [1.165, 1.54) is 21.9 Å². The number of sulfonamides is 2. The number of amides is 4. The Bertz CT molecular complexity index is 5200. The standard InChI is InChI=1S/2C49H62FN3O10S/c2*1-28(2)61-43-16-13-32(21-39(43)50)40-22-33-20-35(60-8)14-15-37(33)45(51-40)63-36-23-41-42(54)26-49(47(57)52-64(58,59)48(7)17-18-48)25-34(49)12-10-9-11-30(5)19-31(6)38(46(56)53(41)27-36)24-44(55)62-29(3)4/h2*10,12-16,20-22,28-31,34,36,38,41H,9,11,17-19,23-27H2,1-8H3,(H,52,57)/b2*12-10-/t30-,31+,34+,36+,38-,41-,49+;30-,31-,34-,36-,38+,41+,49-/m01/s1. The van der Waals surface area contributed by atoms with Crippen LogP contribution in [0.4, 0.5) is 8.78 Å². The van der Waals surface area contributed by atoms with Gasteiger partial charge in [-0.1, -0.05) is 52.0 Å². The molecular formula is C98H124F2N6O20S2. The molecule has 4 aliphatic heterocycles. The van der Waals surface area contributed by atoms with Gasteiger partial charge in [-0.15, -0.1) is 0 Å². The van der Waals surface area contributed by atoms with Crippen LogP contribution < -0.4 is 37.9 Å². The van der Waals surface area contributed by atoms with Crippen LogP contribution in [0.2, 0.25) is 0 Å². The van der Waals surface area contributed by atoms with Gasteiger partial charge in [0.1, 0.15) is 23.7 Å². The number of carbonyl (C=O) groups excluding carboxylic acids is 8. The highest BCUT2D eigenvalue weighted by molar-refractivity contribution is 7.92. The number of fused-ring (bicyclic) bond motifs is 6. The van der Waals surface area contributed by atoms with Crippen molar-refractivity contribution in [3.63, 3.8) is 0 Å². The molecular weight excluding hydrogens is 1680 g/mol. The summed E-state index contributed by atoms with van der Waals surface area (Å²) in [5.41, 5.74) is -0.936. The number of aromatic nitrogens is 2. The fraction of sp³-hybridized carbons (Fsp3) is 0.571. The lowest BCUT2D eigenvalue weighted by molar-refractivity contribution is -0.154. The molecule has 14 atom stereocenters. The summed E-state index contributed by atoms with van der Waals surface area (Å²) < 4.78 is 134. The molecule has 30 heteroatoms. The Morgan fingerprint density at radius 3 is 1.22 bits per heavy atom. The van der Waals surface area contributed by atoms with Crippen molar-refractivity contribution in [3.05, 3.63) is 121 Å². The van der Waals surface area contributed by atoms with Crippen molar-refractivity contribution < 1.29 is 102 Å². The minimum absolute atomic E-state index is 0.0342. The monoisotopic (exact) mass is 1810 g/mol. The molecule has 4 aliphatic carbocycles. The van der Waals surface area contributed by atoms with E-state index in [0.717, 1.165) is 12.8 Å². The van der Waals surface area contributed by atoms with E-state index in [1.54, 1.807) is 116 Å². The predicted molar refractivity (Wildman–Crippen MR) is 479 cm³/mol. The molecule has 6 aromatic rings. The van der Waals surface area contributed by atoms with E-state index in [-0.39, 0.29) is 135 Å². The summed E-state index contributed by atoms with van der Waals surface area (Å²) in [6.45, 7) is 25.5. The number of carbonyl (C=O) groups is 8. The predicted octanol–water partition coefficient (Wildman–Crippen LogP) is 16.2. The number of Topliss-reactive ketones (excluding diaryl/α,β-unsaturated/α-hetero) is 2. The van der Waals surface area contributed by atoms with Crippen LogP contribution in [-0.2, 0) is 67.9 Å². The largest absolute Gasteiger partial charge is 0.497 e. The first kappa shape index (κ1) is 95.5. The number of hydrogen-bond acceptors (Lipinski definition) is 22. The highest BCUT2D eigenvalue weighted by atomic mass is 32.2. The molecule has 4 amide bonds. The van der Waals surface area contributed by atoms with Gasteiger partial charge in [-0.2, -0.15) is 0 Å². The van der Waals surface area contributed by atoms with Crippen molar-refractivity contribution in [1.29, 1.82) is 0 Å². The zero-order chi connectivity index (χ0) is 92.6. The third kappa shape index (κ3) is 21.6. The molecule has 26 nitrogen and oxygen atoms in total. The molecule has 0 unspecified atom stereocenters. The van der Waals surface area contributed by atoms with E-state index in [4.69, 9.17) is 47.9 Å². The minimum Gasteiger partial charge on any atom is -0.497 e. The SMILES string of the molecule is COc1ccc2c(O[C@@H]3C[C@H]4C(=O)C[C@]5(C(=O)NS(=O)(=O)C6(C)CC6)C[C@H]5/C=C\CC[C@@H](C)C[C@@H](C)[C@H](CC(=O)OC(C)C)C(=O)N4C3)nc(-c3ccc(OC(C)C)c(F)c3)cc2c1.COc1ccc2c(O[C@@H]3C[C@H]4C(=O)C[C@]5(C(=O)NS(=O)(=O)C6(C)CC6)C[C@H]5/C=C\CC[C@H](C)C[C@@H](C)[C@H](CC(=O)OC(C)C)C(=O)N4C3)nc(-c3ccc(OC(C)C)c(F)c3)cc2c1. The normalized spacial score (nSPS) is 27.5. The average Bonchev–Trinajstić information content (AvgIpc) is 1.56. The van der Waals surface area contributed by atoms with Crippen LogP contribution in [0.3, 0.4) is 0 Å². The molecule has 6 heterocycles. The van der Waals surface area contributed by atoms with E-state index in [9.17, 15) is 45.6 Å². The molecule has 6 fully saturated rings. The third-order valence-electron chi connectivity index (χ3n) is 26.8. The van der Waals surface area contributed by atoms with Crippen LogP contribution in [0.25, 0.3) is 44.1 Å². The van der Waals surface area contributed by atoms with Gasteiger partial charge in [-0.25, -0.2) is 35.6 Å². The molecule has 2 N–H and O–H groups in total. The lowest BCUT2D eigenvalue weighted by atomic mass is 9.82. The summed E-state index contributed by atoms with van der Waals surface area (Å²) in [6.07, 6.45) is 10.6. The summed E-state index contributed by atoms with van der Waals surface area (Å²) in [5.74, 6) is -6.07. The smallest absolute Gasteiger partial charge is 0.306 e. The number of ketones is 2. The number of esters is 2. The molecule has 8 aliphatic rings. The van der Waals surface area contributed by atoms with Crippen LogP contribution in [-0.4, -0.2) is 169 Å². The van der Waals surface area contributed by atoms with Gasteiger partial charge in [0.25, 0.3) is 0 Å². The van der Waals surface area contributed by atoms with Crippen LogP contribution in [0.15, 0.2) is 109 Å². The second kappa shape index (κ2) is 38.5. The number of benzene rings is 4. The molecule has 0 spiro atoms. The average molecular weight is 1810 g/mol. The zero-order valence-electron chi connectivity index (χ0n) is 76.3. The number of nitrogens with zero attached hydrogens (tertiary/aromatic N) is 4. The van der Waals surface area contributed by atoms with Crippen molar-refractivity contribution in [3.8, 4) is 57.3 Å². The summed E-state index contributed by atoms with van der Waals surface area (Å²) in [6, 6.07) is 21.4. The third-order valence-corrected chi connectivity index (χ3v) is 31.2. The topological polar surface area (TPSA) is 335 Å². The van der Waals surface area contributed by atoms with E-state index in [1.807, 2.05) is 78.0 Å². The molecule has 4 saturated carbocycles. The van der Waals surface area contributed by atoms with E-state index >= 15 is 18.4 Å². The van der Waals surface area contributed by atoms with Gasteiger partial charge in [0.15, 0.2) is 34.7 Å². The number of nitrogens with one attached hydrogen (secondary N) is 2. The Morgan fingerprint density at radius 2 is 0.883 bits per heavy atom. The highest BCUT2D eigenvalue weighted by Gasteiger charge is 2.65. The Kier molecular flexibility index (Phi) is 28.7. The van der Waals surface area contributed by atoms with E-state index in [0.29, 0.717) is 107 Å². The van der Waals surface area contributed by atoms with Gasteiger partial charge < -0.3 is 47.7 Å². The number of pyridine rings is 2. The van der Waals surface area contributed by atoms with E-state index in [2.05, 4.69) is 23.3 Å². The van der Waals surface area contributed by atoms with Crippen LogP contribution >= 0.6 is 0 Å². The molecule has 14 rings (SSSR count). The fourth-order valence-corrected chi connectivity index (χ4v) is 21.3. The molecule has 4 aromatic carbocycles. The Labute approximate surface area is 749 Å². The highest BCUT2D eigenvalue weighted by Crippen LogP contribution is 2.60. The van der Waals surface area contributed by atoms with Gasteiger partial charge in [-0.05, 0) is 277 Å². The molecule has 0 radical (unpaired) electrons. The van der Waals surface area contributed by atoms with Crippen molar-refractivity contribution in [1.82, 2.24) is 29.2 Å². The van der Waals surface area contributed by atoms with Gasteiger partial charge in [0.05, 0.1) is 120 Å².